The van der Waals surface area contributed by atoms with Crippen molar-refractivity contribution < 1.29 is 51.0 Å². The summed E-state index contributed by atoms with van der Waals surface area (Å²) in [5, 5.41) is 5.54. The van der Waals surface area contributed by atoms with Gasteiger partial charge in [0.2, 0.25) is 0 Å². The van der Waals surface area contributed by atoms with E-state index in [0.29, 0.717) is 11.8 Å². The molecule has 0 saturated carbocycles. The molecular weight excluding hydrogens is 611 g/mol. The smallest absolute Gasteiger partial charge is 1.00 e. The molecule has 0 amide bonds. The second-order valence-corrected chi connectivity index (χ2v) is 9.66. The summed E-state index contributed by atoms with van der Waals surface area (Å²) >= 11 is 0. The largest absolute Gasteiger partial charge is 4.00 e. The number of hydrogen-bond donors (Lipinski definition) is 0. The summed E-state index contributed by atoms with van der Waals surface area (Å²) in [4.78, 5) is 0. The van der Waals surface area contributed by atoms with E-state index in [1.165, 1.54) is 54.9 Å². The molecule has 0 nitrogen and oxygen atoms in total. The Hall–Kier alpha value is -1.44. The van der Waals surface area contributed by atoms with Crippen LogP contribution in [-0.2, 0) is 26.2 Å². The molecule has 4 heteroatoms. The van der Waals surface area contributed by atoms with Gasteiger partial charge in [-0.2, -0.15) is 12.1 Å². The fraction of sp³-hybridized carbons (Fsp3) is 0.314. The molecule has 0 aliphatic heterocycles. The standard InChI is InChI=1S/C16H13.C16H21.C2H6.CH3Si.2ClH.Zr/c1-12-10-14-8-5-9-15(16(14)11-12)13-6-3-2-4-7-13;1-10(2)13-8-14-6-12(5)7-16(14)15(9-13)11(3)4;2*1-2;;;/h2-11H,1H3;6-11H,1-5H3;1-2H3;1H3;2*1H;/q2*-1;;;;;+4/p-2. The summed E-state index contributed by atoms with van der Waals surface area (Å²) in [6.07, 6.45) is 0. The van der Waals surface area contributed by atoms with E-state index in [4.69, 9.17) is 0 Å². The van der Waals surface area contributed by atoms with Crippen LogP contribution in [0, 0.1) is 13.8 Å². The Labute approximate surface area is 273 Å². The first kappa shape index (κ1) is 39.7. The fourth-order valence-electron chi connectivity index (χ4n) is 4.59. The zero-order chi connectivity index (χ0) is 26.8. The summed E-state index contributed by atoms with van der Waals surface area (Å²) in [7, 11) is 2.97. The molecule has 0 atom stereocenters. The third-order valence-electron chi connectivity index (χ3n) is 6.29. The molecule has 3 radical (unpaired) electrons. The SMILES string of the molecule is CC.C[Si].Cc1cc2c(-c3ccccc3)cccc2[cH-]1.Cc1cc2c(C(C)C)cc(C(C)C)cc2[cH-]1.[Cl-].[Cl-].[Zr+4]. The summed E-state index contributed by atoms with van der Waals surface area (Å²) in [6.45, 7) is 19.2. The van der Waals surface area contributed by atoms with Crippen LogP contribution in [0.5, 0.6) is 0 Å². The molecule has 0 unspecified atom stereocenters. The van der Waals surface area contributed by atoms with E-state index < -0.39 is 0 Å². The van der Waals surface area contributed by atoms with Crippen molar-refractivity contribution in [1.82, 2.24) is 0 Å². The van der Waals surface area contributed by atoms with Crippen molar-refractivity contribution >= 4 is 31.8 Å². The van der Waals surface area contributed by atoms with E-state index >= 15 is 0 Å². The van der Waals surface area contributed by atoms with Crippen LogP contribution in [0.3, 0.4) is 0 Å². The van der Waals surface area contributed by atoms with Crippen LogP contribution in [0.2, 0.25) is 6.55 Å². The van der Waals surface area contributed by atoms with Gasteiger partial charge in [-0.25, -0.2) is 0 Å². The topological polar surface area (TPSA) is 0 Å². The predicted molar refractivity (Wildman–Crippen MR) is 165 cm³/mol. The first-order valence-corrected chi connectivity index (χ1v) is 14.3. The van der Waals surface area contributed by atoms with Crippen molar-refractivity contribution in [1.29, 1.82) is 0 Å². The average Bonchev–Trinajstić information content (AvgIpc) is 3.47. The average molecular weight is 654 g/mol. The first-order chi connectivity index (χ1) is 17.3. The van der Waals surface area contributed by atoms with Gasteiger partial charge in [-0.3, -0.25) is 0 Å². The second kappa shape index (κ2) is 19.6. The van der Waals surface area contributed by atoms with Crippen LogP contribution in [0.1, 0.15) is 75.6 Å². The van der Waals surface area contributed by atoms with E-state index in [0.717, 1.165) is 0 Å². The fourth-order valence-corrected chi connectivity index (χ4v) is 4.59. The van der Waals surface area contributed by atoms with Crippen LogP contribution in [0.4, 0.5) is 0 Å². The normalized spacial score (nSPS) is 9.64. The second-order valence-electron chi connectivity index (χ2n) is 9.66. The molecule has 39 heavy (non-hydrogen) atoms. The van der Waals surface area contributed by atoms with Gasteiger partial charge in [-0.1, -0.05) is 121 Å². The molecule has 0 aromatic heterocycles. The third kappa shape index (κ3) is 10.5. The monoisotopic (exact) mass is 651 g/mol. The van der Waals surface area contributed by atoms with Gasteiger partial charge in [-0.15, -0.1) is 63.0 Å². The molecule has 0 saturated heterocycles. The number of aryl methyl sites for hydroxylation is 2. The molecule has 0 fully saturated rings. The van der Waals surface area contributed by atoms with Gasteiger partial charge in [-0.05, 0) is 17.4 Å². The first-order valence-electron chi connectivity index (χ1n) is 13.3. The Kier molecular flexibility index (Phi) is 20.0. The molecule has 0 aliphatic rings. The maximum Gasteiger partial charge on any atom is 4.00 e. The van der Waals surface area contributed by atoms with Crippen molar-refractivity contribution in [3.63, 3.8) is 0 Å². The number of benzene rings is 3. The van der Waals surface area contributed by atoms with E-state index in [1.807, 2.05) is 13.8 Å². The minimum atomic E-state index is 0. The van der Waals surface area contributed by atoms with Gasteiger partial charge in [0.15, 0.2) is 0 Å². The third-order valence-corrected chi connectivity index (χ3v) is 6.29. The van der Waals surface area contributed by atoms with Crippen molar-refractivity contribution in [2.24, 2.45) is 0 Å². The van der Waals surface area contributed by atoms with Gasteiger partial charge in [0.05, 0.1) is 0 Å². The van der Waals surface area contributed by atoms with Crippen LogP contribution in [0.15, 0.2) is 84.9 Å². The molecule has 205 valence electrons. The minimum Gasteiger partial charge on any atom is -1.00 e. The quantitative estimate of drug-likeness (QED) is 0.193. The zero-order valence-electron chi connectivity index (χ0n) is 25.0. The van der Waals surface area contributed by atoms with Gasteiger partial charge in [0.1, 0.15) is 0 Å². The maximum atomic E-state index is 2.97. The number of hydrogen-bond acceptors (Lipinski definition) is 0. The van der Waals surface area contributed by atoms with Crippen LogP contribution in [-0.4, -0.2) is 10.2 Å². The van der Waals surface area contributed by atoms with Gasteiger partial charge in [0, 0.05) is 10.2 Å². The number of rotatable bonds is 3. The molecule has 0 spiro atoms. The Morgan fingerprint density at radius 1 is 0.615 bits per heavy atom. The van der Waals surface area contributed by atoms with Crippen LogP contribution >= 0.6 is 0 Å². The predicted octanol–water partition coefficient (Wildman–Crippen LogP) is 4.88. The Balaban J connectivity index is 0. The van der Waals surface area contributed by atoms with Crippen molar-refractivity contribution in [3.05, 3.63) is 107 Å². The summed E-state index contributed by atoms with van der Waals surface area (Å²) < 4.78 is 0. The number of halogens is 2. The molecule has 0 aliphatic carbocycles. The molecule has 0 heterocycles. The summed E-state index contributed by atoms with van der Waals surface area (Å²) in [5.74, 6) is 1.21. The number of fused-ring (bicyclic) bond motifs is 2. The molecule has 0 N–H and O–H groups in total. The van der Waals surface area contributed by atoms with Crippen LogP contribution in [0.25, 0.3) is 32.7 Å². The molecule has 5 aromatic rings. The summed E-state index contributed by atoms with van der Waals surface area (Å²) in [5.41, 5.74) is 8.28. The van der Waals surface area contributed by atoms with E-state index in [-0.39, 0.29) is 51.0 Å². The van der Waals surface area contributed by atoms with Gasteiger partial charge in [0.25, 0.3) is 0 Å². The Bertz CT molecular complexity index is 1350. The van der Waals surface area contributed by atoms with Crippen LogP contribution < -0.4 is 24.8 Å². The van der Waals surface area contributed by atoms with Crippen molar-refractivity contribution in [2.75, 3.05) is 0 Å². The van der Waals surface area contributed by atoms with Crippen molar-refractivity contribution in [3.8, 4) is 11.1 Å². The summed E-state index contributed by atoms with van der Waals surface area (Å²) in [6, 6.07) is 30.9. The molecule has 5 rings (SSSR count). The Morgan fingerprint density at radius 3 is 1.69 bits per heavy atom. The van der Waals surface area contributed by atoms with E-state index in [1.54, 1.807) is 6.55 Å². The van der Waals surface area contributed by atoms with Crippen molar-refractivity contribution in [2.45, 2.75) is 73.8 Å². The minimum absolute atomic E-state index is 0. The maximum absolute atomic E-state index is 2.97. The molecule has 0 bridgehead atoms. The van der Waals surface area contributed by atoms with E-state index in [2.05, 4.69) is 137 Å². The Morgan fingerprint density at radius 2 is 1.15 bits per heavy atom. The molecular formula is C35H43Cl2SiZr. The van der Waals surface area contributed by atoms with Gasteiger partial charge >= 0.3 is 26.2 Å². The zero-order valence-corrected chi connectivity index (χ0v) is 30.0. The van der Waals surface area contributed by atoms with E-state index in [9.17, 15) is 0 Å². The van der Waals surface area contributed by atoms with Gasteiger partial charge < -0.3 is 24.8 Å². The molecule has 5 aromatic carbocycles.